The normalized spacial score (nSPS) is 13.0. The molecule has 1 aliphatic rings. The molecule has 1 fully saturated rings. The van der Waals surface area contributed by atoms with Crippen molar-refractivity contribution in [2.75, 3.05) is 12.4 Å². The topological polar surface area (TPSA) is 97.1 Å². The molecule has 2 amide bonds. The Bertz CT molecular complexity index is 788. The average molecular weight is 332 g/mol. The van der Waals surface area contributed by atoms with Crippen molar-refractivity contribution in [3.8, 4) is 0 Å². The van der Waals surface area contributed by atoms with Crippen LogP contribution < -0.4 is 16.4 Å². The minimum Gasteiger partial charge on any atom is -0.387 e. The highest BCUT2D eigenvalue weighted by Gasteiger charge is 2.26. The number of halogens is 1. The van der Waals surface area contributed by atoms with Gasteiger partial charge in [0.15, 0.2) is 0 Å². The molecule has 0 saturated heterocycles. The minimum atomic E-state index is -0.866. The first-order valence-electron chi connectivity index (χ1n) is 7.92. The summed E-state index contributed by atoms with van der Waals surface area (Å²) in [4.78, 5) is 27.7. The number of hydrogen-bond donors (Lipinski definition) is 3. The summed E-state index contributed by atoms with van der Waals surface area (Å²) in [6, 6.07) is 2.67. The van der Waals surface area contributed by atoms with Crippen molar-refractivity contribution in [1.82, 2.24) is 10.3 Å². The summed E-state index contributed by atoms with van der Waals surface area (Å²) in [7, 11) is 1.65. The van der Waals surface area contributed by atoms with Gasteiger partial charge in [-0.25, -0.2) is 4.39 Å². The highest BCUT2D eigenvalue weighted by molar-refractivity contribution is 6.08. The number of hydrogen-bond acceptors (Lipinski definition) is 4. The molecule has 1 aromatic carbocycles. The minimum absolute atomic E-state index is 0.210. The molecule has 0 bridgehead atoms. The number of nitrogens with zero attached hydrogens (tertiary/aromatic N) is 1. The predicted octanol–water partition coefficient (Wildman–Crippen LogP) is 2.43. The van der Waals surface area contributed by atoms with E-state index in [1.807, 2.05) is 13.8 Å². The number of fused-ring (bicyclic) bond motifs is 1. The Balaban J connectivity index is 0.00000100. The zero-order chi connectivity index (χ0) is 17.9. The van der Waals surface area contributed by atoms with Crippen molar-refractivity contribution in [1.29, 1.82) is 0 Å². The van der Waals surface area contributed by atoms with Gasteiger partial charge in [0, 0.05) is 30.7 Å². The van der Waals surface area contributed by atoms with E-state index in [9.17, 15) is 14.0 Å². The van der Waals surface area contributed by atoms with E-state index in [1.165, 1.54) is 12.3 Å². The van der Waals surface area contributed by atoms with Crippen molar-refractivity contribution in [3.05, 3.63) is 35.3 Å². The second-order valence-corrected chi connectivity index (χ2v) is 5.26. The molecule has 3 rings (SSSR count). The Labute approximate surface area is 139 Å². The Kier molecular flexibility index (Phi) is 5.33. The molecule has 0 atom stereocenters. The van der Waals surface area contributed by atoms with E-state index in [2.05, 4.69) is 15.6 Å². The van der Waals surface area contributed by atoms with Crippen molar-refractivity contribution >= 4 is 28.4 Å². The number of carbonyl (C=O) groups excluding carboxylic acids is 2. The Hall–Kier alpha value is -2.70. The van der Waals surface area contributed by atoms with Gasteiger partial charge >= 0.3 is 0 Å². The van der Waals surface area contributed by atoms with Gasteiger partial charge in [0.1, 0.15) is 5.82 Å². The summed E-state index contributed by atoms with van der Waals surface area (Å²) in [6.45, 7) is 4.00. The maximum Gasteiger partial charge on any atom is 0.255 e. The van der Waals surface area contributed by atoms with Gasteiger partial charge in [-0.05, 0) is 18.9 Å². The van der Waals surface area contributed by atoms with E-state index in [1.54, 1.807) is 7.05 Å². The van der Waals surface area contributed by atoms with E-state index in [-0.39, 0.29) is 17.5 Å². The van der Waals surface area contributed by atoms with Crippen molar-refractivity contribution in [3.63, 3.8) is 0 Å². The zero-order valence-corrected chi connectivity index (χ0v) is 13.9. The molecule has 1 aromatic heterocycles. The van der Waals surface area contributed by atoms with Crippen molar-refractivity contribution in [2.45, 2.75) is 32.7 Å². The highest BCUT2D eigenvalue weighted by Crippen LogP contribution is 2.29. The molecule has 6 nitrogen and oxygen atoms in total. The predicted molar refractivity (Wildman–Crippen MR) is 91.6 cm³/mol. The van der Waals surface area contributed by atoms with Gasteiger partial charge in [-0.2, -0.15) is 0 Å². The molecule has 4 N–H and O–H groups in total. The van der Waals surface area contributed by atoms with Gasteiger partial charge < -0.3 is 16.4 Å². The number of primary amides is 1. The molecule has 1 aliphatic carbocycles. The fraction of sp³-hybridized carbons (Fsp3) is 0.353. The summed E-state index contributed by atoms with van der Waals surface area (Å²) in [5.74, 6) is -1.84. The first-order valence-corrected chi connectivity index (χ1v) is 7.92. The van der Waals surface area contributed by atoms with E-state index in [0.29, 0.717) is 22.2 Å². The summed E-state index contributed by atoms with van der Waals surface area (Å²) >= 11 is 0. The third-order valence-corrected chi connectivity index (χ3v) is 3.63. The van der Waals surface area contributed by atoms with Crippen LogP contribution in [0, 0.1) is 5.82 Å². The van der Waals surface area contributed by atoms with Crippen molar-refractivity contribution < 1.29 is 14.0 Å². The van der Waals surface area contributed by atoms with Gasteiger partial charge in [0.25, 0.3) is 11.8 Å². The molecule has 1 heterocycles. The van der Waals surface area contributed by atoms with Crippen LogP contribution in [-0.4, -0.2) is 29.9 Å². The second-order valence-electron chi connectivity index (χ2n) is 5.26. The van der Waals surface area contributed by atoms with E-state index in [4.69, 9.17) is 5.73 Å². The lowest BCUT2D eigenvalue weighted by atomic mass is 10.0. The first-order chi connectivity index (χ1) is 11.5. The molecule has 0 unspecified atom stereocenters. The smallest absolute Gasteiger partial charge is 0.255 e. The Morgan fingerprint density at radius 2 is 1.92 bits per heavy atom. The third-order valence-electron chi connectivity index (χ3n) is 3.63. The fourth-order valence-corrected chi connectivity index (χ4v) is 2.33. The van der Waals surface area contributed by atoms with Crippen molar-refractivity contribution in [2.24, 2.45) is 5.73 Å². The van der Waals surface area contributed by atoms with Crippen LogP contribution in [0.4, 0.5) is 10.1 Å². The van der Waals surface area contributed by atoms with Crippen LogP contribution in [0.5, 0.6) is 0 Å². The molecule has 7 heteroatoms. The SMILES string of the molecule is CC.CNc1c(C(=O)NC2CC2)cnc2cc(F)c(C(N)=O)cc12. The molecule has 128 valence electrons. The molecule has 0 radical (unpaired) electrons. The van der Waals surface area contributed by atoms with E-state index < -0.39 is 11.7 Å². The monoisotopic (exact) mass is 332 g/mol. The van der Waals surface area contributed by atoms with Crippen LogP contribution in [0.2, 0.25) is 0 Å². The zero-order valence-electron chi connectivity index (χ0n) is 13.9. The van der Waals surface area contributed by atoms with Gasteiger partial charge in [0.2, 0.25) is 0 Å². The molecule has 2 aromatic rings. The maximum absolute atomic E-state index is 13.8. The summed E-state index contributed by atoms with van der Waals surface area (Å²) in [5.41, 5.74) is 6.12. The number of benzene rings is 1. The number of amides is 2. The molecular weight excluding hydrogens is 311 g/mol. The van der Waals surface area contributed by atoms with E-state index in [0.717, 1.165) is 18.9 Å². The van der Waals surface area contributed by atoms with Crippen LogP contribution in [0.1, 0.15) is 47.4 Å². The number of nitrogens with two attached hydrogens (primary N) is 1. The number of nitrogens with one attached hydrogen (secondary N) is 2. The molecule has 24 heavy (non-hydrogen) atoms. The molecule has 1 saturated carbocycles. The lowest BCUT2D eigenvalue weighted by Gasteiger charge is -2.13. The number of rotatable bonds is 4. The number of pyridine rings is 1. The fourth-order valence-electron chi connectivity index (χ4n) is 2.33. The van der Waals surface area contributed by atoms with E-state index >= 15 is 0 Å². The third kappa shape index (κ3) is 3.45. The summed E-state index contributed by atoms with van der Waals surface area (Å²) in [5, 5.41) is 6.27. The summed E-state index contributed by atoms with van der Waals surface area (Å²) < 4.78 is 13.8. The van der Waals surface area contributed by atoms with Crippen LogP contribution in [0.15, 0.2) is 18.3 Å². The van der Waals surface area contributed by atoms with Crippen LogP contribution in [0.25, 0.3) is 10.9 Å². The lowest BCUT2D eigenvalue weighted by molar-refractivity contribution is 0.0950. The van der Waals surface area contributed by atoms with Gasteiger partial charge in [-0.3, -0.25) is 14.6 Å². The first kappa shape index (κ1) is 17.7. The molecular formula is C17H21FN4O2. The van der Waals surface area contributed by atoms with Gasteiger partial charge in [-0.1, -0.05) is 13.8 Å². The quantitative estimate of drug-likeness (QED) is 0.801. The standard InChI is InChI=1S/C15H15FN4O2.C2H6/c1-18-13-9-4-8(14(17)21)11(16)5-12(9)19-6-10(13)15(22)20-7-2-3-7;1-2/h4-7H,2-3H2,1H3,(H2,17,21)(H,18,19)(H,20,22);1-2H3. The Morgan fingerprint density at radius 3 is 2.46 bits per heavy atom. The largest absolute Gasteiger partial charge is 0.387 e. The second kappa shape index (κ2) is 7.25. The van der Waals surface area contributed by atoms with Gasteiger partial charge in [-0.15, -0.1) is 0 Å². The van der Waals surface area contributed by atoms with Gasteiger partial charge in [0.05, 0.1) is 22.3 Å². The number of aromatic nitrogens is 1. The highest BCUT2D eigenvalue weighted by atomic mass is 19.1. The average Bonchev–Trinajstić information content (AvgIpc) is 3.38. The van der Waals surface area contributed by atoms with Crippen LogP contribution in [0.3, 0.4) is 0 Å². The number of anilines is 1. The maximum atomic E-state index is 13.8. The van der Waals surface area contributed by atoms with Crippen LogP contribution in [-0.2, 0) is 0 Å². The summed E-state index contributed by atoms with van der Waals surface area (Å²) in [6.07, 6.45) is 3.34. The molecule has 0 aliphatic heterocycles. The lowest BCUT2D eigenvalue weighted by Crippen LogP contribution is -2.26. The molecule has 0 spiro atoms. The Morgan fingerprint density at radius 1 is 1.25 bits per heavy atom. The van der Waals surface area contributed by atoms with Crippen LogP contribution >= 0.6 is 0 Å². The number of carbonyl (C=O) groups is 2.